The number of amides is 3. The molecule has 0 aromatic carbocycles. The van der Waals surface area contributed by atoms with Crippen LogP contribution in [0.15, 0.2) is 0 Å². The van der Waals surface area contributed by atoms with Crippen LogP contribution in [0.4, 0.5) is 0 Å². The standard InChI is InChI=1S/C13H22N6O3/c14-8-3-1-5-18(11(8)21)7-10(20)17-9-4-2-6-19(12(9)22)13(15)16/h8-9H,1-7,14H2,(H3,15,16)(H,17,20). The molecular weight excluding hydrogens is 288 g/mol. The third-order valence-corrected chi connectivity index (χ3v) is 3.97. The Morgan fingerprint density at radius 2 is 1.91 bits per heavy atom. The molecule has 22 heavy (non-hydrogen) atoms. The maximum absolute atomic E-state index is 12.1. The summed E-state index contributed by atoms with van der Waals surface area (Å²) in [7, 11) is 0. The lowest BCUT2D eigenvalue weighted by molar-refractivity contribution is -0.140. The van der Waals surface area contributed by atoms with Gasteiger partial charge >= 0.3 is 0 Å². The number of guanidine groups is 1. The van der Waals surface area contributed by atoms with Crippen LogP contribution in [0.25, 0.3) is 0 Å². The molecule has 0 saturated carbocycles. The van der Waals surface area contributed by atoms with Crippen molar-refractivity contribution in [3.8, 4) is 0 Å². The SMILES string of the molecule is N=C(N)N1CCCC(NC(=O)CN2CCCC(N)C2=O)C1=O. The van der Waals surface area contributed by atoms with Crippen LogP contribution in [-0.4, -0.2) is 65.2 Å². The lowest BCUT2D eigenvalue weighted by atomic mass is 10.0. The molecular formula is C13H22N6O3. The van der Waals surface area contributed by atoms with Gasteiger partial charge in [-0.25, -0.2) is 0 Å². The van der Waals surface area contributed by atoms with Crippen LogP contribution >= 0.6 is 0 Å². The van der Waals surface area contributed by atoms with Gasteiger partial charge in [0.1, 0.15) is 6.04 Å². The van der Waals surface area contributed by atoms with Crippen molar-refractivity contribution in [2.75, 3.05) is 19.6 Å². The van der Waals surface area contributed by atoms with Crippen molar-refractivity contribution in [1.29, 1.82) is 5.41 Å². The first-order valence-electron chi connectivity index (χ1n) is 7.39. The van der Waals surface area contributed by atoms with Crippen molar-refractivity contribution in [1.82, 2.24) is 15.1 Å². The Hall–Kier alpha value is -2.16. The van der Waals surface area contributed by atoms with Crippen LogP contribution in [0.3, 0.4) is 0 Å². The van der Waals surface area contributed by atoms with Gasteiger partial charge in [0.2, 0.25) is 11.8 Å². The number of hydrogen-bond acceptors (Lipinski definition) is 5. The summed E-state index contributed by atoms with van der Waals surface area (Å²) in [5.41, 5.74) is 11.0. The largest absolute Gasteiger partial charge is 0.370 e. The second kappa shape index (κ2) is 6.73. The molecule has 3 amide bonds. The molecule has 0 aromatic heterocycles. The predicted octanol–water partition coefficient (Wildman–Crippen LogP) is -2.06. The van der Waals surface area contributed by atoms with Gasteiger partial charge in [0, 0.05) is 13.1 Å². The Labute approximate surface area is 128 Å². The van der Waals surface area contributed by atoms with Gasteiger partial charge in [-0.05, 0) is 25.7 Å². The predicted molar refractivity (Wildman–Crippen MR) is 78.6 cm³/mol. The third-order valence-electron chi connectivity index (χ3n) is 3.97. The van der Waals surface area contributed by atoms with Gasteiger partial charge in [0.05, 0.1) is 12.6 Å². The monoisotopic (exact) mass is 310 g/mol. The second-order valence-corrected chi connectivity index (χ2v) is 5.65. The smallest absolute Gasteiger partial charge is 0.251 e. The highest BCUT2D eigenvalue weighted by Crippen LogP contribution is 2.12. The highest BCUT2D eigenvalue weighted by molar-refractivity contribution is 5.99. The lowest BCUT2D eigenvalue weighted by Gasteiger charge is -2.33. The summed E-state index contributed by atoms with van der Waals surface area (Å²) < 4.78 is 0. The van der Waals surface area contributed by atoms with Gasteiger partial charge in [-0.3, -0.25) is 24.7 Å². The molecule has 2 unspecified atom stereocenters. The molecule has 2 atom stereocenters. The number of carbonyl (C=O) groups is 3. The van der Waals surface area contributed by atoms with Crippen LogP contribution < -0.4 is 16.8 Å². The van der Waals surface area contributed by atoms with Gasteiger partial charge in [0.15, 0.2) is 5.96 Å². The van der Waals surface area contributed by atoms with Crippen LogP contribution in [0.2, 0.25) is 0 Å². The van der Waals surface area contributed by atoms with Crippen LogP contribution in [0.5, 0.6) is 0 Å². The van der Waals surface area contributed by atoms with E-state index in [9.17, 15) is 14.4 Å². The van der Waals surface area contributed by atoms with Crippen molar-refractivity contribution in [3.05, 3.63) is 0 Å². The number of carbonyl (C=O) groups excluding carboxylic acids is 3. The molecule has 0 radical (unpaired) electrons. The van der Waals surface area contributed by atoms with Crippen LogP contribution in [-0.2, 0) is 14.4 Å². The van der Waals surface area contributed by atoms with Crippen molar-refractivity contribution >= 4 is 23.7 Å². The van der Waals surface area contributed by atoms with E-state index >= 15 is 0 Å². The molecule has 2 rings (SSSR count). The Morgan fingerprint density at radius 1 is 1.23 bits per heavy atom. The van der Waals surface area contributed by atoms with Gasteiger partial charge in [-0.1, -0.05) is 0 Å². The van der Waals surface area contributed by atoms with E-state index in [1.807, 2.05) is 0 Å². The number of nitrogens with two attached hydrogens (primary N) is 2. The van der Waals surface area contributed by atoms with Gasteiger partial charge in [-0.15, -0.1) is 0 Å². The zero-order valence-corrected chi connectivity index (χ0v) is 12.4. The minimum atomic E-state index is -0.696. The number of likely N-dealkylation sites (tertiary alicyclic amines) is 2. The topological polar surface area (TPSA) is 146 Å². The van der Waals surface area contributed by atoms with E-state index in [0.29, 0.717) is 32.4 Å². The second-order valence-electron chi connectivity index (χ2n) is 5.65. The van der Waals surface area contributed by atoms with Crippen molar-refractivity contribution in [2.45, 2.75) is 37.8 Å². The highest BCUT2D eigenvalue weighted by atomic mass is 16.2. The molecule has 9 nitrogen and oxygen atoms in total. The maximum Gasteiger partial charge on any atom is 0.251 e. The third kappa shape index (κ3) is 3.53. The summed E-state index contributed by atoms with van der Waals surface area (Å²) in [5, 5.41) is 9.97. The summed E-state index contributed by atoms with van der Waals surface area (Å²) in [6, 6.07) is -1.25. The van der Waals surface area contributed by atoms with E-state index in [0.717, 1.165) is 11.3 Å². The fraction of sp³-hybridized carbons (Fsp3) is 0.692. The molecule has 122 valence electrons. The van der Waals surface area contributed by atoms with Gasteiger partial charge < -0.3 is 21.7 Å². The molecule has 0 aliphatic carbocycles. The molecule has 2 heterocycles. The van der Waals surface area contributed by atoms with Crippen LogP contribution in [0.1, 0.15) is 25.7 Å². The molecule has 2 aliphatic rings. The fourth-order valence-electron chi connectivity index (χ4n) is 2.79. The first kappa shape index (κ1) is 16.2. The molecule has 0 aromatic rings. The summed E-state index contributed by atoms with van der Waals surface area (Å²) in [6.07, 6.45) is 2.55. The average molecular weight is 310 g/mol. The molecule has 6 N–H and O–H groups in total. The van der Waals surface area contributed by atoms with E-state index in [4.69, 9.17) is 16.9 Å². The van der Waals surface area contributed by atoms with Crippen molar-refractivity contribution in [2.24, 2.45) is 11.5 Å². The zero-order valence-electron chi connectivity index (χ0n) is 12.4. The molecule has 2 saturated heterocycles. The van der Waals surface area contributed by atoms with E-state index in [2.05, 4.69) is 5.32 Å². The number of nitrogens with one attached hydrogen (secondary N) is 2. The van der Waals surface area contributed by atoms with E-state index in [1.54, 1.807) is 0 Å². The quantitative estimate of drug-likeness (QED) is 0.350. The number of piperidine rings is 2. The zero-order chi connectivity index (χ0) is 16.3. The summed E-state index contributed by atoms with van der Waals surface area (Å²) >= 11 is 0. The molecule has 9 heteroatoms. The Bertz CT molecular complexity index is 494. The molecule has 0 bridgehead atoms. The highest BCUT2D eigenvalue weighted by Gasteiger charge is 2.33. The van der Waals surface area contributed by atoms with E-state index < -0.39 is 18.0 Å². The van der Waals surface area contributed by atoms with E-state index in [1.165, 1.54) is 4.90 Å². The first-order chi connectivity index (χ1) is 10.4. The fourth-order valence-corrected chi connectivity index (χ4v) is 2.79. The van der Waals surface area contributed by atoms with Crippen LogP contribution in [0, 0.1) is 5.41 Å². The Morgan fingerprint density at radius 3 is 2.59 bits per heavy atom. The number of nitrogens with zero attached hydrogens (tertiary/aromatic N) is 2. The molecule has 2 fully saturated rings. The van der Waals surface area contributed by atoms with Crippen molar-refractivity contribution < 1.29 is 14.4 Å². The summed E-state index contributed by atoms with van der Waals surface area (Å²) in [4.78, 5) is 38.6. The minimum absolute atomic E-state index is 0.101. The average Bonchev–Trinajstić information content (AvgIpc) is 2.46. The Balaban J connectivity index is 1.90. The normalized spacial score (nSPS) is 26.0. The number of rotatable bonds is 3. The molecule has 0 spiro atoms. The Kier molecular flexibility index (Phi) is 4.96. The van der Waals surface area contributed by atoms with Crippen molar-refractivity contribution in [3.63, 3.8) is 0 Å². The lowest BCUT2D eigenvalue weighted by Crippen LogP contribution is -2.57. The first-order valence-corrected chi connectivity index (χ1v) is 7.39. The molecule has 2 aliphatic heterocycles. The minimum Gasteiger partial charge on any atom is -0.370 e. The van der Waals surface area contributed by atoms with Gasteiger partial charge in [0.25, 0.3) is 5.91 Å². The summed E-state index contributed by atoms with van der Waals surface area (Å²) in [6.45, 7) is 0.786. The summed E-state index contributed by atoms with van der Waals surface area (Å²) in [5.74, 6) is -1.33. The van der Waals surface area contributed by atoms with Gasteiger partial charge in [-0.2, -0.15) is 0 Å². The number of hydrogen-bond donors (Lipinski definition) is 4. The van der Waals surface area contributed by atoms with E-state index in [-0.39, 0.29) is 24.3 Å². The maximum atomic E-state index is 12.1.